The number of anilines is 1. The average molecular weight is 478 g/mol. The fraction of sp³-hybridized carbons (Fsp3) is 0.111. The van der Waals surface area contributed by atoms with E-state index in [0.29, 0.717) is 31.1 Å². The number of benzene rings is 2. The maximum absolute atomic E-state index is 6.32. The summed E-state index contributed by atoms with van der Waals surface area (Å²) in [5.74, 6) is 0. The van der Waals surface area contributed by atoms with E-state index in [1.54, 1.807) is 6.07 Å². The number of thiazole rings is 1. The van der Waals surface area contributed by atoms with Crippen molar-refractivity contribution in [3.05, 3.63) is 77.6 Å². The van der Waals surface area contributed by atoms with E-state index in [4.69, 9.17) is 63.1 Å². The first-order valence-electron chi connectivity index (χ1n) is 7.81. The van der Waals surface area contributed by atoms with Crippen LogP contribution in [0.2, 0.25) is 24.7 Å². The Morgan fingerprint density at radius 3 is 2.15 bits per heavy atom. The van der Waals surface area contributed by atoms with Gasteiger partial charge in [-0.1, -0.05) is 70.1 Å². The molecule has 3 nitrogen and oxygen atoms in total. The van der Waals surface area contributed by atoms with Crippen molar-refractivity contribution in [1.29, 1.82) is 0 Å². The molecule has 4 rings (SSSR count). The summed E-state index contributed by atoms with van der Waals surface area (Å²) in [7, 11) is 0. The third kappa shape index (κ3) is 4.07. The number of hydrazone groups is 1. The lowest BCUT2D eigenvalue weighted by Gasteiger charge is -2.23. The fourth-order valence-electron chi connectivity index (χ4n) is 2.93. The summed E-state index contributed by atoms with van der Waals surface area (Å²) in [5.41, 5.74) is 2.64. The highest BCUT2D eigenvalue weighted by Crippen LogP contribution is 2.43. The second kappa shape index (κ2) is 7.78. The van der Waals surface area contributed by atoms with Crippen LogP contribution in [0.25, 0.3) is 0 Å². The lowest BCUT2D eigenvalue weighted by molar-refractivity contribution is 0.720. The molecule has 0 bridgehead atoms. The zero-order valence-electron chi connectivity index (χ0n) is 13.5. The molecule has 1 aliphatic rings. The minimum absolute atomic E-state index is 0.164. The summed E-state index contributed by atoms with van der Waals surface area (Å²) >= 11 is 32.1. The molecule has 138 valence electrons. The Labute approximate surface area is 185 Å². The standard InChI is InChI=1S/C18H10Cl5N3S/c19-10-3-1-9(2-4-10)14-8-15(16-17(22)24-18(23)27-16)26(25-14)13-6-11(20)5-12(21)7-13/h1-7,15H,8H2. The molecule has 27 heavy (non-hydrogen) atoms. The summed E-state index contributed by atoms with van der Waals surface area (Å²) in [6, 6.07) is 12.7. The van der Waals surface area contributed by atoms with Gasteiger partial charge in [-0.2, -0.15) is 5.10 Å². The minimum Gasteiger partial charge on any atom is -0.256 e. The van der Waals surface area contributed by atoms with Crippen molar-refractivity contribution in [1.82, 2.24) is 4.98 Å². The molecule has 0 N–H and O–H groups in total. The largest absolute Gasteiger partial charge is 0.256 e. The summed E-state index contributed by atoms with van der Waals surface area (Å²) in [6.45, 7) is 0. The fourth-order valence-corrected chi connectivity index (χ4v) is 5.10. The lowest BCUT2D eigenvalue weighted by Crippen LogP contribution is -2.18. The third-order valence-corrected chi connectivity index (χ3v) is 6.44. The van der Waals surface area contributed by atoms with Crippen molar-refractivity contribution in [3.63, 3.8) is 0 Å². The molecule has 3 aromatic rings. The van der Waals surface area contributed by atoms with Crippen LogP contribution in [0.3, 0.4) is 0 Å². The predicted octanol–water partition coefficient (Wildman–Crippen LogP) is 7.77. The summed E-state index contributed by atoms with van der Waals surface area (Å²) in [4.78, 5) is 4.97. The number of aromatic nitrogens is 1. The highest BCUT2D eigenvalue weighted by Gasteiger charge is 2.33. The van der Waals surface area contributed by atoms with Gasteiger partial charge in [0.15, 0.2) is 4.47 Å². The minimum atomic E-state index is -0.164. The van der Waals surface area contributed by atoms with Gasteiger partial charge in [-0.25, -0.2) is 4.98 Å². The number of hydrogen-bond acceptors (Lipinski definition) is 4. The van der Waals surface area contributed by atoms with Gasteiger partial charge >= 0.3 is 0 Å². The van der Waals surface area contributed by atoms with Crippen molar-refractivity contribution in [2.75, 3.05) is 5.01 Å². The Morgan fingerprint density at radius 1 is 0.889 bits per heavy atom. The van der Waals surface area contributed by atoms with E-state index in [2.05, 4.69) is 4.98 Å². The van der Waals surface area contributed by atoms with Gasteiger partial charge in [0.25, 0.3) is 0 Å². The number of nitrogens with zero attached hydrogens (tertiary/aromatic N) is 3. The molecule has 0 radical (unpaired) electrons. The zero-order valence-corrected chi connectivity index (χ0v) is 18.1. The van der Waals surface area contributed by atoms with E-state index in [1.165, 1.54) is 11.3 Å². The van der Waals surface area contributed by atoms with Crippen LogP contribution < -0.4 is 5.01 Å². The van der Waals surface area contributed by atoms with Gasteiger partial charge in [0.2, 0.25) is 0 Å². The quantitative estimate of drug-likeness (QED) is 0.385. The molecule has 0 amide bonds. The molecule has 2 heterocycles. The molecule has 0 fully saturated rings. The first kappa shape index (κ1) is 19.3. The summed E-state index contributed by atoms with van der Waals surface area (Å²) < 4.78 is 0.388. The zero-order chi connectivity index (χ0) is 19.1. The van der Waals surface area contributed by atoms with Crippen LogP contribution in [-0.4, -0.2) is 10.7 Å². The molecular formula is C18H10Cl5N3S. The highest BCUT2D eigenvalue weighted by molar-refractivity contribution is 7.16. The molecule has 0 saturated carbocycles. The van der Waals surface area contributed by atoms with Crippen molar-refractivity contribution in [2.45, 2.75) is 12.5 Å². The number of rotatable bonds is 3. The Morgan fingerprint density at radius 2 is 1.56 bits per heavy atom. The van der Waals surface area contributed by atoms with Crippen LogP contribution in [0.4, 0.5) is 5.69 Å². The van der Waals surface area contributed by atoms with E-state index in [0.717, 1.165) is 21.8 Å². The first-order valence-corrected chi connectivity index (χ1v) is 10.5. The highest BCUT2D eigenvalue weighted by atomic mass is 35.5. The topological polar surface area (TPSA) is 28.5 Å². The third-order valence-electron chi connectivity index (χ3n) is 4.09. The molecule has 1 unspecified atom stereocenters. The van der Waals surface area contributed by atoms with Gasteiger partial charge in [-0.3, -0.25) is 5.01 Å². The maximum atomic E-state index is 6.32. The Kier molecular flexibility index (Phi) is 5.57. The van der Waals surface area contributed by atoms with Crippen molar-refractivity contribution >= 4 is 80.7 Å². The van der Waals surface area contributed by atoms with Gasteiger partial charge in [-0.15, -0.1) is 11.3 Å². The normalized spacial score (nSPS) is 16.7. The van der Waals surface area contributed by atoms with E-state index in [1.807, 2.05) is 41.4 Å². The van der Waals surface area contributed by atoms with Gasteiger partial charge in [0.1, 0.15) is 5.15 Å². The molecule has 2 aromatic carbocycles. The SMILES string of the molecule is Clc1ccc(C2=NN(c3cc(Cl)cc(Cl)c3)C(c3sc(Cl)nc3Cl)C2)cc1. The average Bonchev–Trinajstić information content (AvgIpc) is 3.17. The molecule has 1 atom stereocenters. The monoisotopic (exact) mass is 475 g/mol. The van der Waals surface area contributed by atoms with E-state index >= 15 is 0 Å². The molecule has 9 heteroatoms. The van der Waals surface area contributed by atoms with Crippen molar-refractivity contribution in [2.24, 2.45) is 5.10 Å². The summed E-state index contributed by atoms with van der Waals surface area (Å²) in [6.07, 6.45) is 0.629. The van der Waals surface area contributed by atoms with Crippen molar-refractivity contribution in [3.8, 4) is 0 Å². The van der Waals surface area contributed by atoms with Crippen LogP contribution in [0.1, 0.15) is 22.9 Å². The molecule has 1 aliphatic heterocycles. The maximum Gasteiger partial charge on any atom is 0.185 e. The smallest absolute Gasteiger partial charge is 0.185 e. The lowest BCUT2D eigenvalue weighted by atomic mass is 10.0. The van der Waals surface area contributed by atoms with Crippen LogP contribution >= 0.6 is 69.3 Å². The Hall–Kier alpha value is -1.01. The van der Waals surface area contributed by atoms with Gasteiger partial charge in [0, 0.05) is 21.5 Å². The molecule has 0 spiro atoms. The van der Waals surface area contributed by atoms with Gasteiger partial charge < -0.3 is 0 Å². The van der Waals surface area contributed by atoms with Crippen LogP contribution in [0.5, 0.6) is 0 Å². The van der Waals surface area contributed by atoms with Crippen LogP contribution in [-0.2, 0) is 0 Å². The number of hydrogen-bond donors (Lipinski definition) is 0. The van der Waals surface area contributed by atoms with Crippen LogP contribution in [0, 0.1) is 0 Å². The Balaban J connectivity index is 1.80. The molecular weight excluding hydrogens is 468 g/mol. The predicted molar refractivity (Wildman–Crippen MR) is 116 cm³/mol. The molecule has 1 aromatic heterocycles. The van der Waals surface area contributed by atoms with Gasteiger partial charge in [0.05, 0.1) is 22.3 Å². The second-order valence-corrected chi connectivity index (χ2v) is 9.15. The second-order valence-electron chi connectivity index (χ2n) is 5.87. The van der Waals surface area contributed by atoms with E-state index in [-0.39, 0.29) is 6.04 Å². The van der Waals surface area contributed by atoms with E-state index < -0.39 is 0 Å². The van der Waals surface area contributed by atoms with Gasteiger partial charge in [-0.05, 0) is 35.9 Å². The van der Waals surface area contributed by atoms with Crippen molar-refractivity contribution < 1.29 is 0 Å². The van der Waals surface area contributed by atoms with Crippen LogP contribution in [0.15, 0.2) is 47.6 Å². The molecule has 0 aliphatic carbocycles. The number of halogens is 5. The molecule has 0 saturated heterocycles. The first-order chi connectivity index (χ1) is 12.9. The van der Waals surface area contributed by atoms with E-state index in [9.17, 15) is 0 Å². The summed E-state index contributed by atoms with van der Waals surface area (Å²) in [5, 5.41) is 8.78. The Bertz CT molecular complexity index is 1010.